The maximum atomic E-state index is 3.86. The zero-order chi connectivity index (χ0) is 37.4. The topological polar surface area (TPSA) is 15.3 Å². The predicted molar refractivity (Wildman–Crippen MR) is 240 cm³/mol. The quantitative estimate of drug-likeness (QED) is 0.165. The molecule has 0 saturated carbocycles. The van der Waals surface area contributed by atoms with Crippen molar-refractivity contribution in [2.75, 3.05) is 10.2 Å². The molecule has 9 aromatic carbocycles. The van der Waals surface area contributed by atoms with Gasteiger partial charge in [0.25, 0.3) is 0 Å². The first kappa shape index (κ1) is 33.5. The van der Waals surface area contributed by atoms with Crippen LogP contribution in [0.2, 0.25) is 0 Å². The second-order valence-electron chi connectivity index (χ2n) is 14.6. The Bertz CT molecular complexity index is 2830. The molecule has 1 aliphatic heterocycles. The van der Waals surface area contributed by atoms with Crippen LogP contribution in [0.15, 0.2) is 206 Å². The summed E-state index contributed by atoms with van der Waals surface area (Å²) in [6, 6.07) is 74.5. The second-order valence-corrected chi connectivity index (χ2v) is 14.6. The fraction of sp³-hybridized carbons (Fsp3) is 0.0189. The number of fused-ring (bicyclic) bond motifs is 3. The van der Waals surface area contributed by atoms with Gasteiger partial charge in [0, 0.05) is 34.0 Å². The molecule has 0 fully saturated rings. The Morgan fingerprint density at radius 2 is 0.929 bits per heavy atom. The maximum absolute atomic E-state index is 3.86. The van der Waals surface area contributed by atoms with Crippen molar-refractivity contribution in [3.05, 3.63) is 212 Å². The van der Waals surface area contributed by atoms with Crippen molar-refractivity contribution in [2.24, 2.45) is 0 Å². The number of rotatable bonds is 7. The summed E-state index contributed by atoms with van der Waals surface area (Å²) < 4.78 is 0. The Morgan fingerprint density at radius 3 is 1.55 bits per heavy atom. The van der Waals surface area contributed by atoms with E-state index in [1.54, 1.807) is 0 Å². The maximum Gasteiger partial charge on any atom is 0.197 e. The molecule has 1 radical (unpaired) electrons. The third-order valence-corrected chi connectivity index (χ3v) is 10.9. The zero-order valence-electron chi connectivity index (χ0n) is 31.2. The van der Waals surface area contributed by atoms with E-state index < -0.39 is 0 Å². The summed E-state index contributed by atoms with van der Waals surface area (Å²) in [6.45, 7) is 2.21. The van der Waals surface area contributed by atoms with E-state index in [0.717, 1.165) is 28.3 Å². The fourth-order valence-corrected chi connectivity index (χ4v) is 8.12. The highest BCUT2D eigenvalue weighted by Gasteiger charge is 2.29. The Labute approximate surface area is 329 Å². The lowest BCUT2D eigenvalue weighted by Crippen LogP contribution is -2.41. The molecule has 1 heterocycles. The van der Waals surface area contributed by atoms with Crippen LogP contribution in [0.25, 0.3) is 55.3 Å². The molecule has 10 rings (SSSR count). The first-order valence-corrected chi connectivity index (χ1v) is 19.2. The molecule has 9 aromatic rings. The van der Waals surface area contributed by atoms with Crippen LogP contribution in [0.3, 0.4) is 0 Å². The second kappa shape index (κ2) is 14.3. The van der Waals surface area contributed by atoms with Crippen LogP contribution in [-0.2, 0) is 0 Å². The van der Waals surface area contributed by atoms with Crippen LogP contribution >= 0.6 is 0 Å². The summed E-state index contributed by atoms with van der Waals surface area (Å²) in [5.41, 5.74) is 18.7. The predicted octanol–water partition coefficient (Wildman–Crippen LogP) is 13.0. The molecule has 56 heavy (non-hydrogen) atoms. The van der Waals surface area contributed by atoms with Crippen LogP contribution in [0.4, 0.5) is 28.4 Å². The summed E-state index contributed by atoms with van der Waals surface area (Å²) in [5.74, 6) is 0. The monoisotopic (exact) mass is 713 g/mol. The molecule has 0 spiro atoms. The molecule has 1 aliphatic rings. The van der Waals surface area contributed by atoms with Crippen molar-refractivity contribution in [2.45, 2.75) is 6.92 Å². The van der Waals surface area contributed by atoms with E-state index >= 15 is 0 Å². The van der Waals surface area contributed by atoms with E-state index in [9.17, 15) is 0 Å². The lowest BCUT2D eigenvalue weighted by atomic mass is 9.57. The molecular formula is C53H38BN2. The molecule has 0 saturated heterocycles. The number of hydrogen-bond donors (Lipinski definition) is 1. The minimum absolute atomic E-state index is 1.05. The third-order valence-electron chi connectivity index (χ3n) is 10.9. The molecule has 0 aromatic heterocycles. The Balaban J connectivity index is 1.13. The van der Waals surface area contributed by atoms with Gasteiger partial charge in [0.1, 0.15) is 0 Å². The number of anilines is 5. The van der Waals surface area contributed by atoms with Crippen LogP contribution in [0, 0.1) is 6.92 Å². The van der Waals surface area contributed by atoms with Gasteiger partial charge in [0.05, 0.1) is 0 Å². The van der Waals surface area contributed by atoms with Gasteiger partial charge in [-0.1, -0.05) is 163 Å². The molecule has 2 nitrogen and oxygen atoms in total. The van der Waals surface area contributed by atoms with E-state index in [1.165, 1.54) is 71.9 Å². The van der Waals surface area contributed by atoms with Gasteiger partial charge >= 0.3 is 0 Å². The molecule has 0 atom stereocenters. The standard InChI is InChI=1S/C53H38BN2/c1-36-31-48(47-33-42-19-11-12-20-43(42)35-50(47)55-45-26-21-40(22-27-45)37-13-5-2-6-14-37)53-52(32-36)56(46-28-23-41(24-29-46)38-15-7-3-8-16-38)51-30-25-44(34-49(51)54-53)39-17-9-4-10-18-39/h2-35,55H,1H3. The van der Waals surface area contributed by atoms with E-state index in [1.807, 2.05) is 0 Å². The van der Waals surface area contributed by atoms with Crippen LogP contribution < -0.4 is 21.1 Å². The van der Waals surface area contributed by atoms with Crippen molar-refractivity contribution < 1.29 is 0 Å². The van der Waals surface area contributed by atoms with Gasteiger partial charge in [-0.15, -0.1) is 0 Å². The minimum atomic E-state index is 1.05. The van der Waals surface area contributed by atoms with Gasteiger partial charge in [-0.2, -0.15) is 0 Å². The molecule has 0 bridgehead atoms. The summed E-state index contributed by atoms with van der Waals surface area (Å²) >= 11 is 0. The average Bonchev–Trinajstić information content (AvgIpc) is 3.26. The number of nitrogens with one attached hydrogen (secondary N) is 1. The van der Waals surface area contributed by atoms with E-state index in [-0.39, 0.29) is 0 Å². The summed E-state index contributed by atoms with van der Waals surface area (Å²) in [7, 11) is 2.40. The fourth-order valence-electron chi connectivity index (χ4n) is 8.12. The van der Waals surface area contributed by atoms with Gasteiger partial charge in [0.2, 0.25) is 0 Å². The first-order valence-electron chi connectivity index (χ1n) is 19.2. The summed E-state index contributed by atoms with van der Waals surface area (Å²) in [5, 5.41) is 6.26. The van der Waals surface area contributed by atoms with Gasteiger partial charge < -0.3 is 10.2 Å². The van der Waals surface area contributed by atoms with Gasteiger partial charge in [-0.25, -0.2) is 0 Å². The molecule has 3 heteroatoms. The molecule has 0 unspecified atom stereocenters. The summed E-state index contributed by atoms with van der Waals surface area (Å²) in [4.78, 5) is 2.45. The van der Waals surface area contributed by atoms with Crippen molar-refractivity contribution in [1.29, 1.82) is 0 Å². The number of benzene rings is 9. The van der Waals surface area contributed by atoms with Gasteiger partial charge in [-0.05, 0) is 116 Å². The van der Waals surface area contributed by atoms with Crippen LogP contribution in [-0.4, -0.2) is 7.28 Å². The normalized spacial score (nSPS) is 11.8. The lowest BCUT2D eigenvalue weighted by molar-refractivity contribution is 1.28. The van der Waals surface area contributed by atoms with Crippen molar-refractivity contribution >= 4 is 57.4 Å². The number of hydrogen-bond acceptors (Lipinski definition) is 2. The Morgan fingerprint density at radius 1 is 0.411 bits per heavy atom. The highest BCUT2D eigenvalue weighted by atomic mass is 15.1. The molecule has 263 valence electrons. The Kier molecular flexibility index (Phi) is 8.54. The third kappa shape index (κ3) is 6.34. The SMILES string of the molecule is Cc1cc(-c2cc3ccccc3cc2Nc2ccc(-c3ccccc3)cc2)c2c(c1)N(c1ccc(-c3ccccc3)cc1)c1ccc(-c3ccccc3)cc1[B]2. The first-order chi connectivity index (χ1) is 27.6. The number of aryl methyl sites for hydroxylation is 1. The Hall–Kier alpha value is -7.10. The average molecular weight is 714 g/mol. The lowest BCUT2D eigenvalue weighted by Gasteiger charge is -2.35. The largest absolute Gasteiger partial charge is 0.355 e. The van der Waals surface area contributed by atoms with Crippen molar-refractivity contribution in [1.82, 2.24) is 0 Å². The molecular weight excluding hydrogens is 675 g/mol. The van der Waals surface area contributed by atoms with Crippen LogP contribution in [0.5, 0.6) is 0 Å². The van der Waals surface area contributed by atoms with E-state index in [4.69, 9.17) is 0 Å². The summed E-state index contributed by atoms with van der Waals surface area (Å²) in [6.07, 6.45) is 0. The van der Waals surface area contributed by atoms with E-state index in [2.05, 4.69) is 231 Å². The molecule has 1 N–H and O–H groups in total. The van der Waals surface area contributed by atoms with Crippen molar-refractivity contribution in [3.63, 3.8) is 0 Å². The van der Waals surface area contributed by atoms with Crippen molar-refractivity contribution in [3.8, 4) is 44.5 Å². The van der Waals surface area contributed by atoms with E-state index in [0.29, 0.717) is 0 Å². The van der Waals surface area contributed by atoms with Crippen LogP contribution in [0.1, 0.15) is 5.56 Å². The zero-order valence-corrected chi connectivity index (χ0v) is 31.2. The number of nitrogens with zero attached hydrogens (tertiary/aromatic N) is 1. The van der Waals surface area contributed by atoms with Gasteiger partial charge in [-0.3, -0.25) is 0 Å². The molecule has 0 aliphatic carbocycles. The smallest absolute Gasteiger partial charge is 0.197 e. The highest BCUT2D eigenvalue weighted by molar-refractivity contribution is 6.73. The minimum Gasteiger partial charge on any atom is -0.355 e. The molecule has 0 amide bonds. The highest BCUT2D eigenvalue weighted by Crippen LogP contribution is 2.42. The van der Waals surface area contributed by atoms with Gasteiger partial charge in [0.15, 0.2) is 7.28 Å².